The first-order valence-electron chi connectivity index (χ1n) is 5.00. The predicted octanol–water partition coefficient (Wildman–Crippen LogP) is 4.18. The first-order chi connectivity index (χ1) is 7.99. The predicted molar refractivity (Wildman–Crippen MR) is 66.0 cm³/mol. The number of hydrogen-bond acceptors (Lipinski definition) is 1. The van der Waals surface area contributed by atoms with Crippen LogP contribution in [0, 0.1) is 18.6 Å². The van der Waals surface area contributed by atoms with Crippen molar-refractivity contribution >= 4 is 17.3 Å². The lowest BCUT2D eigenvalue weighted by Crippen LogP contribution is -1.92. The van der Waals surface area contributed by atoms with Gasteiger partial charge in [0, 0.05) is 11.3 Å². The van der Waals surface area contributed by atoms with Crippen LogP contribution in [-0.4, -0.2) is 0 Å². The Balaban J connectivity index is 2.68. The molecule has 0 spiro atoms. The highest BCUT2D eigenvalue weighted by atomic mass is 35.5. The molecule has 0 unspecified atom stereocenters. The normalized spacial score (nSPS) is 10.6. The quantitative estimate of drug-likeness (QED) is 0.599. The Bertz CT molecular complexity index is 582. The molecule has 0 saturated carbocycles. The van der Waals surface area contributed by atoms with Crippen molar-refractivity contribution in [2.24, 2.45) is 0 Å². The SMILES string of the molecule is Cc1ccc(N)cc1-c1cc(F)c(F)cc1Cl. The first kappa shape index (κ1) is 11.9. The molecule has 2 aromatic rings. The molecule has 0 aliphatic carbocycles. The Labute approximate surface area is 103 Å². The summed E-state index contributed by atoms with van der Waals surface area (Å²) in [5, 5.41) is 0.164. The second kappa shape index (κ2) is 4.34. The number of aryl methyl sites for hydroxylation is 1. The van der Waals surface area contributed by atoms with Crippen LogP contribution in [0.3, 0.4) is 0 Å². The number of anilines is 1. The Kier molecular flexibility index (Phi) is 3.03. The standard InChI is InChI=1S/C13H10ClF2N/c1-7-2-3-8(17)4-9(7)10-5-12(15)13(16)6-11(10)14/h2-6H,17H2,1H3. The van der Waals surface area contributed by atoms with Gasteiger partial charge in [-0.25, -0.2) is 8.78 Å². The molecule has 88 valence electrons. The van der Waals surface area contributed by atoms with Gasteiger partial charge in [-0.3, -0.25) is 0 Å². The molecule has 0 bridgehead atoms. The Morgan fingerprint density at radius 3 is 2.35 bits per heavy atom. The molecule has 2 rings (SSSR count). The molecular formula is C13H10ClF2N. The second-order valence-corrected chi connectivity index (χ2v) is 4.23. The monoisotopic (exact) mass is 253 g/mol. The van der Waals surface area contributed by atoms with Crippen LogP contribution < -0.4 is 5.73 Å². The van der Waals surface area contributed by atoms with Crippen molar-refractivity contribution in [2.45, 2.75) is 6.92 Å². The van der Waals surface area contributed by atoms with Gasteiger partial charge in [-0.05, 0) is 42.3 Å². The van der Waals surface area contributed by atoms with Crippen molar-refractivity contribution in [2.75, 3.05) is 5.73 Å². The average molecular weight is 254 g/mol. The summed E-state index contributed by atoms with van der Waals surface area (Å²) in [4.78, 5) is 0. The van der Waals surface area contributed by atoms with Crippen LogP contribution in [0.2, 0.25) is 5.02 Å². The Morgan fingerprint density at radius 2 is 1.65 bits per heavy atom. The summed E-state index contributed by atoms with van der Waals surface area (Å²) in [6.07, 6.45) is 0. The van der Waals surface area contributed by atoms with E-state index in [0.29, 0.717) is 16.8 Å². The van der Waals surface area contributed by atoms with Gasteiger partial charge in [-0.1, -0.05) is 17.7 Å². The van der Waals surface area contributed by atoms with Crippen molar-refractivity contribution in [3.63, 3.8) is 0 Å². The van der Waals surface area contributed by atoms with E-state index in [4.69, 9.17) is 17.3 Å². The van der Waals surface area contributed by atoms with Gasteiger partial charge in [0.25, 0.3) is 0 Å². The van der Waals surface area contributed by atoms with Crippen LogP contribution in [0.25, 0.3) is 11.1 Å². The van der Waals surface area contributed by atoms with Gasteiger partial charge >= 0.3 is 0 Å². The van der Waals surface area contributed by atoms with E-state index >= 15 is 0 Å². The number of halogens is 3. The maximum atomic E-state index is 13.2. The van der Waals surface area contributed by atoms with E-state index < -0.39 is 11.6 Å². The largest absolute Gasteiger partial charge is 0.399 e. The van der Waals surface area contributed by atoms with E-state index in [1.807, 2.05) is 13.0 Å². The average Bonchev–Trinajstić information content (AvgIpc) is 2.27. The number of nitrogens with two attached hydrogens (primary N) is 1. The fraction of sp³-hybridized carbons (Fsp3) is 0.0769. The van der Waals surface area contributed by atoms with E-state index in [1.54, 1.807) is 12.1 Å². The number of benzene rings is 2. The van der Waals surface area contributed by atoms with E-state index in [0.717, 1.165) is 17.7 Å². The first-order valence-corrected chi connectivity index (χ1v) is 5.38. The summed E-state index contributed by atoms with van der Waals surface area (Å²) in [7, 11) is 0. The van der Waals surface area contributed by atoms with Crippen molar-refractivity contribution in [3.8, 4) is 11.1 Å². The third-order valence-electron chi connectivity index (χ3n) is 2.56. The summed E-state index contributed by atoms with van der Waals surface area (Å²) in [6, 6.07) is 7.29. The van der Waals surface area contributed by atoms with Gasteiger partial charge in [0.05, 0.1) is 5.02 Å². The van der Waals surface area contributed by atoms with Crippen LogP contribution in [0.1, 0.15) is 5.56 Å². The smallest absolute Gasteiger partial charge is 0.160 e. The minimum Gasteiger partial charge on any atom is -0.399 e. The van der Waals surface area contributed by atoms with Gasteiger partial charge in [0.15, 0.2) is 11.6 Å². The fourth-order valence-corrected chi connectivity index (χ4v) is 1.91. The summed E-state index contributed by atoms with van der Waals surface area (Å²) in [6.45, 7) is 1.85. The van der Waals surface area contributed by atoms with Crippen molar-refractivity contribution in [1.82, 2.24) is 0 Å². The molecule has 0 saturated heterocycles. The van der Waals surface area contributed by atoms with Gasteiger partial charge in [-0.2, -0.15) is 0 Å². The van der Waals surface area contributed by atoms with Crippen LogP contribution in [0.15, 0.2) is 30.3 Å². The molecule has 0 radical (unpaired) electrons. The lowest BCUT2D eigenvalue weighted by molar-refractivity contribution is 0.509. The highest BCUT2D eigenvalue weighted by Gasteiger charge is 2.12. The maximum absolute atomic E-state index is 13.2. The molecule has 2 aromatic carbocycles. The fourth-order valence-electron chi connectivity index (χ4n) is 1.66. The summed E-state index contributed by atoms with van der Waals surface area (Å²) in [5.41, 5.74) is 8.26. The van der Waals surface area contributed by atoms with Crippen molar-refractivity contribution in [1.29, 1.82) is 0 Å². The molecular weight excluding hydrogens is 244 g/mol. The molecule has 0 fully saturated rings. The third kappa shape index (κ3) is 2.24. The Morgan fingerprint density at radius 1 is 1.00 bits per heavy atom. The third-order valence-corrected chi connectivity index (χ3v) is 2.87. The van der Waals surface area contributed by atoms with Gasteiger partial charge in [-0.15, -0.1) is 0 Å². The minimum atomic E-state index is -0.958. The zero-order valence-corrected chi connectivity index (χ0v) is 9.85. The summed E-state index contributed by atoms with van der Waals surface area (Å²) >= 11 is 5.91. The molecule has 0 aromatic heterocycles. The molecule has 0 heterocycles. The molecule has 4 heteroatoms. The minimum absolute atomic E-state index is 0.164. The summed E-state index contributed by atoms with van der Waals surface area (Å²) in [5.74, 6) is -1.88. The van der Waals surface area contributed by atoms with E-state index in [2.05, 4.69) is 0 Å². The van der Waals surface area contributed by atoms with Crippen molar-refractivity contribution < 1.29 is 8.78 Å². The molecule has 0 aliphatic heterocycles. The van der Waals surface area contributed by atoms with Gasteiger partial charge in [0.1, 0.15) is 0 Å². The van der Waals surface area contributed by atoms with Crippen LogP contribution in [0.5, 0.6) is 0 Å². The lowest BCUT2D eigenvalue weighted by Gasteiger charge is -2.09. The van der Waals surface area contributed by atoms with Crippen molar-refractivity contribution in [3.05, 3.63) is 52.6 Å². The van der Waals surface area contributed by atoms with Crippen LogP contribution >= 0.6 is 11.6 Å². The van der Waals surface area contributed by atoms with E-state index in [1.165, 1.54) is 0 Å². The molecule has 1 nitrogen and oxygen atoms in total. The maximum Gasteiger partial charge on any atom is 0.160 e. The molecule has 2 N–H and O–H groups in total. The topological polar surface area (TPSA) is 26.0 Å². The van der Waals surface area contributed by atoms with Gasteiger partial charge < -0.3 is 5.73 Å². The van der Waals surface area contributed by atoms with Crippen LogP contribution in [0.4, 0.5) is 14.5 Å². The Hall–Kier alpha value is -1.61. The highest BCUT2D eigenvalue weighted by Crippen LogP contribution is 2.33. The zero-order chi connectivity index (χ0) is 12.6. The molecule has 0 aliphatic rings. The highest BCUT2D eigenvalue weighted by molar-refractivity contribution is 6.33. The molecule has 17 heavy (non-hydrogen) atoms. The number of nitrogen functional groups attached to an aromatic ring is 1. The lowest BCUT2D eigenvalue weighted by atomic mass is 9.99. The summed E-state index contributed by atoms with van der Waals surface area (Å²) < 4.78 is 26.2. The van der Waals surface area contributed by atoms with Gasteiger partial charge in [0.2, 0.25) is 0 Å². The second-order valence-electron chi connectivity index (χ2n) is 3.82. The molecule has 0 atom stereocenters. The number of rotatable bonds is 1. The van der Waals surface area contributed by atoms with E-state index in [-0.39, 0.29) is 5.02 Å². The zero-order valence-electron chi connectivity index (χ0n) is 9.10. The molecule has 0 amide bonds. The van der Waals surface area contributed by atoms with Crippen LogP contribution in [-0.2, 0) is 0 Å². The van der Waals surface area contributed by atoms with E-state index in [9.17, 15) is 8.78 Å². The number of hydrogen-bond donors (Lipinski definition) is 1.